The Morgan fingerprint density at radius 3 is 2.75 bits per heavy atom. The summed E-state index contributed by atoms with van der Waals surface area (Å²) >= 11 is 0. The van der Waals surface area contributed by atoms with Gasteiger partial charge in [0.1, 0.15) is 5.65 Å². The van der Waals surface area contributed by atoms with Crippen LogP contribution in [0.1, 0.15) is 27.2 Å². The molecule has 24 heavy (non-hydrogen) atoms. The zero-order valence-electron chi connectivity index (χ0n) is 13.5. The van der Waals surface area contributed by atoms with Crippen LogP contribution in [0.5, 0.6) is 0 Å². The summed E-state index contributed by atoms with van der Waals surface area (Å²) in [4.78, 5) is 28.0. The number of carbonyl (C=O) groups excluding carboxylic acids is 1. The van der Waals surface area contributed by atoms with Gasteiger partial charge in [0.05, 0.1) is 12.2 Å². The van der Waals surface area contributed by atoms with Gasteiger partial charge in [-0.05, 0) is 43.2 Å². The van der Waals surface area contributed by atoms with Crippen molar-refractivity contribution in [2.75, 3.05) is 5.32 Å². The topological polar surface area (TPSA) is 89.5 Å². The van der Waals surface area contributed by atoms with Gasteiger partial charge in [-0.25, -0.2) is 4.98 Å². The van der Waals surface area contributed by atoms with Gasteiger partial charge < -0.3 is 11.1 Å². The van der Waals surface area contributed by atoms with E-state index in [4.69, 9.17) is 5.73 Å². The summed E-state index contributed by atoms with van der Waals surface area (Å²) < 4.78 is 1.53. The number of fused-ring (bicyclic) bond motifs is 1. The molecule has 6 heteroatoms. The predicted molar refractivity (Wildman–Crippen MR) is 93.2 cm³/mol. The number of nitrogens with one attached hydrogen (secondary N) is 1. The van der Waals surface area contributed by atoms with Crippen molar-refractivity contribution in [1.82, 2.24) is 9.38 Å². The van der Waals surface area contributed by atoms with Crippen LogP contribution >= 0.6 is 0 Å². The maximum Gasteiger partial charge on any atom is 0.258 e. The van der Waals surface area contributed by atoms with E-state index in [2.05, 4.69) is 10.3 Å². The second-order valence-electron chi connectivity index (χ2n) is 5.77. The normalized spacial score (nSPS) is 10.8. The molecule has 0 aliphatic heterocycles. The monoisotopic (exact) mass is 322 g/mol. The predicted octanol–water partition coefficient (Wildman–Crippen LogP) is 2.02. The fraction of sp³-hybridized carbons (Fsp3) is 0.167. The number of benzene rings is 1. The first-order valence-electron chi connectivity index (χ1n) is 7.57. The van der Waals surface area contributed by atoms with Crippen molar-refractivity contribution in [3.05, 3.63) is 75.3 Å². The Balaban J connectivity index is 1.89. The molecule has 3 rings (SSSR count). The van der Waals surface area contributed by atoms with Gasteiger partial charge in [-0.15, -0.1) is 0 Å². The summed E-state index contributed by atoms with van der Waals surface area (Å²) in [7, 11) is 0. The van der Waals surface area contributed by atoms with Crippen LogP contribution in [-0.4, -0.2) is 15.3 Å². The molecule has 6 nitrogen and oxygen atoms in total. The van der Waals surface area contributed by atoms with Crippen LogP contribution < -0.4 is 16.6 Å². The number of rotatable bonds is 4. The lowest BCUT2D eigenvalue weighted by atomic mass is 10.1. The number of hydrogen-bond acceptors (Lipinski definition) is 4. The van der Waals surface area contributed by atoms with Crippen LogP contribution in [0, 0.1) is 13.8 Å². The van der Waals surface area contributed by atoms with E-state index in [1.807, 2.05) is 32.0 Å². The molecule has 0 unspecified atom stereocenters. The zero-order valence-corrected chi connectivity index (χ0v) is 13.5. The van der Waals surface area contributed by atoms with Crippen molar-refractivity contribution < 1.29 is 4.79 Å². The highest BCUT2D eigenvalue weighted by atomic mass is 16.1. The molecule has 0 radical (unpaired) electrons. The molecule has 3 aromatic rings. The Morgan fingerprint density at radius 1 is 1.21 bits per heavy atom. The second-order valence-corrected chi connectivity index (χ2v) is 5.77. The number of nitrogens with zero attached hydrogens (tertiary/aromatic N) is 2. The third-order valence-electron chi connectivity index (χ3n) is 3.84. The van der Waals surface area contributed by atoms with Crippen molar-refractivity contribution in [2.24, 2.45) is 5.73 Å². The summed E-state index contributed by atoms with van der Waals surface area (Å²) in [6.07, 6.45) is 1.77. The van der Waals surface area contributed by atoms with Gasteiger partial charge >= 0.3 is 0 Å². The molecule has 0 aliphatic carbocycles. The number of primary amides is 1. The van der Waals surface area contributed by atoms with E-state index in [0.29, 0.717) is 23.4 Å². The Morgan fingerprint density at radius 2 is 2.00 bits per heavy atom. The first-order chi connectivity index (χ1) is 11.4. The molecule has 2 heterocycles. The standard InChI is InChI=1S/C18H18N4O2/c1-11-3-6-16-21-14(8-17(23)22(16)10-11)9-20-15-7-13(18(19)24)5-4-12(15)2/h3-8,10,20H,9H2,1-2H3,(H2,19,24). The van der Waals surface area contributed by atoms with Crippen LogP contribution in [0.25, 0.3) is 5.65 Å². The first kappa shape index (κ1) is 15.7. The van der Waals surface area contributed by atoms with Crippen molar-refractivity contribution in [3.8, 4) is 0 Å². The Hall–Kier alpha value is -3.15. The third-order valence-corrected chi connectivity index (χ3v) is 3.84. The third kappa shape index (κ3) is 3.12. The number of amides is 1. The van der Waals surface area contributed by atoms with Crippen LogP contribution in [0.3, 0.4) is 0 Å². The molecule has 3 N–H and O–H groups in total. The molecule has 122 valence electrons. The Labute approximate surface area is 139 Å². The van der Waals surface area contributed by atoms with Crippen molar-refractivity contribution in [1.29, 1.82) is 0 Å². The van der Waals surface area contributed by atoms with E-state index in [1.54, 1.807) is 18.3 Å². The highest BCUT2D eigenvalue weighted by Crippen LogP contribution is 2.17. The van der Waals surface area contributed by atoms with Crippen molar-refractivity contribution in [2.45, 2.75) is 20.4 Å². The number of anilines is 1. The first-order valence-corrected chi connectivity index (χ1v) is 7.57. The van der Waals surface area contributed by atoms with Crippen molar-refractivity contribution >= 4 is 17.2 Å². The maximum absolute atomic E-state index is 12.2. The van der Waals surface area contributed by atoms with E-state index < -0.39 is 5.91 Å². The van der Waals surface area contributed by atoms with Crippen molar-refractivity contribution in [3.63, 3.8) is 0 Å². The summed E-state index contributed by atoms with van der Waals surface area (Å²) in [5.41, 5.74) is 9.63. The molecule has 0 saturated carbocycles. The van der Waals surface area contributed by atoms with Gasteiger partial charge in [0, 0.05) is 23.5 Å². The highest BCUT2D eigenvalue weighted by Gasteiger charge is 2.06. The average molecular weight is 322 g/mol. The summed E-state index contributed by atoms with van der Waals surface area (Å²) in [6.45, 7) is 4.23. The number of carbonyl (C=O) groups is 1. The molecule has 0 saturated heterocycles. The molecular weight excluding hydrogens is 304 g/mol. The van der Waals surface area contributed by atoms with E-state index in [1.165, 1.54) is 10.5 Å². The fourth-order valence-corrected chi connectivity index (χ4v) is 2.50. The molecule has 0 atom stereocenters. The zero-order chi connectivity index (χ0) is 17.3. The minimum Gasteiger partial charge on any atom is -0.379 e. The summed E-state index contributed by atoms with van der Waals surface area (Å²) in [6, 6.07) is 10.5. The van der Waals surface area contributed by atoms with E-state index in [9.17, 15) is 9.59 Å². The van der Waals surface area contributed by atoms with Gasteiger partial charge in [-0.2, -0.15) is 0 Å². The van der Waals surface area contributed by atoms with Crippen LogP contribution in [-0.2, 0) is 6.54 Å². The number of aryl methyl sites for hydroxylation is 2. The van der Waals surface area contributed by atoms with E-state index in [-0.39, 0.29) is 5.56 Å². The lowest BCUT2D eigenvalue weighted by Crippen LogP contribution is -2.17. The van der Waals surface area contributed by atoms with Gasteiger partial charge in [0.15, 0.2) is 0 Å². The summed E-state index contributed by atoms with van der Waals surface area (Å²) in [5, 5.41) is 3.21. The largest absolute Gasteiger partial charge is 0.379 e. The van der Waals surface area contributed by atoms with Crippen LogP contribution in [0.4, 0.5) is 5.69 Å². The summed E-state index contributed by atoms with van der Waals surface area (Å²) in [5.74, 6) is -0.476. The van der Waals surface area contributed by atoms with Gasteiger partial charge in [0.25, 0.3) is 5.56 Å². The maximum atomic E-state index is 12.2. The number of nitrogens with two attached hydrogens (primary N) is 1. The highest BCUT2D eigenvalue weighted by molar-refractivity contribution is 5.94. The van der Waals surface area contributed by atoms with Gasteiger partial charge in [0.2, 0.25) is 5.91 Å². The van der Waals surface area contributed by atoms with Crippen LogP contribution in [0.2, 0.25) is 0 Å². The smallest absolute Gasteiger partial charge is 0.258 e. The minimum atomic E-state index is -0.476. The Bertz CT molecular complexity index is 992. The molecule has 1 aromatic carbocycles. The lowest BCUT2D eigenvalue weighted by molar-refractivity contribution is 0.100. The lowest BCUT2D eigenvalue weighted by Gasteiger charge is -2.11. The molecular formula is C18H18N4O2. The molecule has 0 fully saturated rings. The number of pyridine rings is 1. The molecule has 0 aliphatic rings. The molecule has 0 bridgehead atoms. The van der Waals surface area contributed by atoms with E-state index in [0.717, 1.165) is 16.8 Å². The quantitative estimate of drug-likeness (QED) is 0.769. The SMILES string of the molecule is Cc1ccc2nc(CNc3cc(C(N)=O)ccc3C)cc(=O)n2c1. The number of hydrogen-bond donors (Lipinski definition) is 2. The molecule has 0 spiro atoms. The van der Waals surface area contributed by atoms with Gasteiger partial charge in [-0.1, -0.05) is 12.1 Å². The van der Waals surface area contributed by atoms with E-state index >= 15 is 0 Å². The number of aromatic nitrogens is 2. The minimum absolute atomic E-state index is 0.122. The molecule has 2 aromatic heterocycles. The average Bonchev–Trinajstić information content (AvgIpc) is 2.54. The van der Waals surface area contributed by atoms with Gasteiger partial charge in [-0.3, -0.25) is 14.0 Å². The van der Waals surface area contributed by atoms with Crippen LogP contribution in [0.15, 0.2) is 47.4 Å². The fourth-order valence-electron chi connectivity index (χ4n) is 2.50. The molecule has 1 amide bonds. The second kappa shape index (κ2) is 6.16. The Kier molecular flexibility index (Phi) is 4.04.